The van der Waals surface area contributed by atoms with Gasteiger partial charge in [0.25, 0.3) is 0 Å². The summed E-state index contributed by atoms with van der Waals surface area (Å²) in [5.74, 6) is 2.51. The Morgan fingerprint density at radius 2 is 1.80 bits per heavy atom. The van der Waals surface area contributed by atoms with Crippen LogP contribution in [0, 0.1) is 12.8 Å². The molecule has 0 unspecified atom stereocenters. The third-order valence-electron chi connectivity index (χ3n) is 4.20. The lowest BCUT2D eigenvalue weighted by Crippen LogP contribution is -2.50. The van der Waals surface area contributed by atoms with Gasteiger partial charge in [0.05, 0.1) is 0 Å². The molecule has 2 aromatic heterocycles. The second-order valence-corrected chi connectivity index (χ2v) is 6.53. The standard InChI is InChI=1S/C18H24N6O/c1-13(2)18(25)24-11-9-23(10-12-24)17-8-7-16(21-22-17)20-15-6-4-5-14(3)19-15/h4-8,13H,9-12H2,1-3H3,(H,19,20,21). The lowest BCUT2D eigenvalue weighted by atomic mass is 10.1. The summed E-state index contributed by atoms with van der Waals surface area (Å²) >= 11 is 0. The molecule has 1 saturated heterocycles. The maximum absolute atomic E-state index is 12.0. The number of carbonyl (C=O) groups is 1. The van der Waals surface area contributed by atoms with Crippen molar-refractivity contribution in [3.05, 3.63) is 36.0 Å². The molecule has 0 bridgehead atoms. The summed E-state index contributed by atoms with van der Waals surface area (Å²) in [6.45, 7) is 8.84. The average Bonchev–Trinajstić information content (AvgIpc) is 2.62. The van der Waals surface area contributed by atoms with Gasteiger partial charge >= 0.3 is 0 Å². The molecule has 0 atom stereocenters. The zero-order valence-electron chi connectivity index (χ0n) is 14.9. The third-order valence-corrected chi connectivity index (χ3v) is 4.20. The van der Waals surface area contributed by atoms with E-state index in [4.69, 9.17) is 0 Å². The van der Waals surface area contributed by atoms with Crippen LogP contribution < -0.4 is 10.2 Å². The molecule has 3 rings (SSSR count). The van der Waals surface area contributed by atoms with Crippen LogP contribution in [-0.2, 0) is 4.79 Å². The van der Waals surface area contributed by atoms with Crippen LogP contribution in [0.3, 0.4) is 0 Å². The largest absolute Gasteiger partial charge is 0.352 e. The highest BCUT2D eigenvalue weighted by molar-refractivity contribution is 5.78. The normalized spacial score (nSPS) is 14.7. The van der Waals surface area contributed by atoms with Crippen molar-refractivity contribution < 1.29 is 4.79 Å². The lowest BCUT2D eigenvalue weighted by molar-refractivity contribution is -0.134. The summed E-state index contributed by atoms with van der Waals surface area (Å²) in [5, 5.41) is 11.7. The van der Waals surface area contributed by atoms with Crippen LogP contribution >= 0.6 is 0 Å². The molecule has 1 fully saturated rings. The number of aromatic nitrogens is 3. The van der Waals surface area contributed by atoms with E-state index in [1.807, 2.05) is 56.0 Å². The zero-order valence-corrected chi connectivity index (χ0v) is 14.9. The second-order valence-electron chi connectivity index (χ2n) is 6.53. The first kappa shape index (κ1) is 17.1. The Hall–Kier alpha value is -2.70. The molecular formula is C18H24N6O. The number of anilines is 3. The van der Waals surface area contributed by atoms with Crippen molar-refractivity contribution >= 4 is 23.4 Å². The Bertz CT molecular complexity index is 723. The van der Waals surface area contributed by atoms with Crippen LogP contribution in [0.5, 0.6) is 0 Å². The average molecular weight is 340 g/mol. The quantitative estimate of drug-likeness (QED) is 0.920. The first-order chi connectivity index (χ1) is 12.0. The van der Waals surface area contributed by atoms with E-state index in [9.17, 15) is 4.79 Å². The minimum absolute atomic E-state index is 0.0481. The van der Waals surface area contributed by atoms with E-state index >= 15 is 0 Å². The monoisotopic (exact) mass is 340 g/mol. The molecule has 7 nitrogen and oxygen atoms in total. The molecule has 2 aromatic rings. The summed E-state index contributed by atoms with van der Waals surface area (Å²) in [7, 11) is 0. The Labute approximate surface area is 148 Å². The van der Waals surface area contributed by atoms with Gasteiger partial charge in [0, 0.05) is 37.8 Å². The number of hydrogen-bond donors (Lipinski definition) is 1. The van der Waals surface area contributed by atoms with Gasteiger partial charge in [-0.3, -0.25) is 4.79 Å². The van der Waals surface area contributed by atoms with Gasteiger partial charge in [0.1, 0.15) is 5.82 Å². The number of carbonyl (C=O) groups excluding carboxylic acids is 1. The van der Waals surface area contributed by atoms with E-state index < -0.39 is 0 Å². The summed E-state index contributed by atoms with van der Waals surface area (Å²) in [6, 6.07) is 9.64. The van der Waals surface area contributed by atoms with Crippen molar-refractivity contribution in [3.63, 3.8) is 0 Å². The summed E-state index contributed by atoms with van der Waals surface area (Å²) in [6.07, 6.45) is 0. The molecule has 0 aliphatic carbocycles. The van der Waals surface area contributed by atoms with Crippen molar-refractivity contribution in [1.29, 1.82) is 0 Å². The van der Waals surface area contributed by atoms with Gasteiger partial charge in [0.15, 0.2) is 11.6 Å². The lowest BCUT2D eigenvalue weighted by Gasteiger charge is -2.36. The minimum Gasteiger partial charge on any atom is -0.352 e. The predicted octanol–water partition coefficient (Wildman–Crippen LogP) is 2.23. The van der Waals surface area contributed by atoms with Crippen molar-refractivity contribution in [1.82, 2.24) is 20.1 Å². The molecule has 0 spiro atoms. The molecule has 1 aliphatic heterocycles. The van der Waals surface area contributed by atoms with Crippen molar-refractivity contribution in [2.24, 2.45) is 5.92 Å². The van der Waals surface area contributed by atoms with Crippen LogP contribution in [0.25, 0.3) is 0 Å². The minimum atomic E-state index is 0.0481. The van der Waals surface area contributed by atoms with Crippen LogP contribution in [0.4, 0.5) is 17.5 Å². The topological polar surface area (TPSA) is 74.2 Å². The summed E-state index contributed by atoms with van der Waals surface area (Å²) < 4.78 is 0. The smallest absolute Gasteiger partial charge is 0.225 e. The first-order valence-electron chi connectivity index (χ1n) is 8.61. The molecule has 0 aromatic carbocycles. The van der Waals surface area contributed by atoms with Crippen LogP contribution in [0.2, 0.25) is 0 Å². The number of piperazine rings is 1. The third kappa shape index (κ3) is 4.23. The molecule has 25 heavy (non-hydrogen) atoms. The maximum Gasteiger partial charge on any atom is 0.225 e. The van der Waals surface area contributed by atoms with Crippen molar-refractivity contribution in [2.75, 3.05) is 36.4 Å². The molecule has 3 heterocycles. The molecular weight excluding hydrogens is 316 g/mol. The second kappa shape index (κ2) is 7.46. The molecule has 7 heteroatoms. The van der Waals surface area contributed by atoms with E-state index in [1.165, 1.54) is 0 Å². The van der Waals surface area contributed by atoms with Crippen LogP contribution in [0.15, 0.2) is 30.3 Å². The van der Waals surface area contributed by atoms with E-state index in [0.29, 0.717) is 5.82 Å². The van der Waals surface area contributed by atoms with Crippen molar-refractivity contribution in [3.8, 4) is 0 Å². The first-order valence-corrected chi connectivity index (χ1v) is 8.61. The zero-order chi connectivity index (χ0) is 17.8. The fraction of sp³-hybridized carbons (Fsp3) is 0.444. The Morgan fingerprint density at radius 3 is 2.40 bits per heavy atom. The van der Waals surface area contributed by atoms with E-state index in [-0.39, 0.29) is 11.8 Å². The van der Waals surface area contributed by atoms with Gasteiger partial charge in [-0.25, -0.2) is 4.98 Å². The van der Waals surface area contributed by atoms with E-state index in [0.717, 1.165) is 43.5 Å². The Kier molecular flexibility index (Phi) is 5.11. The Morgan fingerprint density at radius 1 is 1.04 bits per heavy atom. The molecule has 1 N–H and O–H groups in total. The van der Waals surface area contributed by atoms with E-state index in [1.54, 1.807) is 0 Å². The molecule has 0 radical (unpaired) electrons. The van der Waals surface area contributed by atoms with Gasteiger partial charge < -0.3 is 15.1 Å². The fourth-order valence-electron chi connectivity index (χ4n) is 2.83. The summed E-state index contributed by atoms with van der Waals surface area (Å²) in [4.78, 5) is 20.5. The van der Waals surface area contributed by atoms with Gasteiger partial charge in [-0.15, -0.1) is 10.2 Å². The van der Waals surface area contributed by atoms with Gasteiger partial charge in [0.2, 0.25) is 5.91 Å². The highest BCUT2D eigenvalue weighted by Crippen LogP contribution is 2.17. The predicted molar refractivity (Wildman–Crippen MR) is 97.9 cm³/mol. The summed E-state index contributed by atoms with van der Waals surface area (Å²) in [5.41, 5.74) is 0.948. The fourth-order valence-corrected chi connectivity index (χ4v) is 2.83. The SMILES string of the molecule is Cc1cccc(Nc2ccc(N3CCN(C(=O)C(C)C)CC3)nn2)n1. The highest BCUT2D eigenvalue weighted by Gasteiger charge is 2.23. The van der Waals surface area contributed by atoms with E-state index in [2.05, 4.69) is 25.4 Å². The van der Waals surface area contributed by atoms with Gasteiger partial charge in [-0.2, -0.15) is 0 Å². The number of rotatable bonds is 4. The molecule has 1 aliphatic rings. The van der Waals surface area contributed by atoms with Crippen molar-refractivity contribution in [2.45, 2.75) is 20.8 Å². The number of aryl methyl sites for hydroxylation is 1. The number of pyridine rings is 1. The molecule has 1 amide bonds. The van der Waals surface area contributed by atoms with Gasteiger partial charge in [-0.1, -0.05) is 19.9 Å². The number of nitrogens with one attached hydrogen (secondary N) is 1. The number of hydrogen-bond acceptors (Lipinski definition) is 6. The maximum atomic E-state index is 12.0. The number of nitrogens with zero attached hydrogens (tertiary/aromatic N) is 5. The van der Waals surface area contributed by atoms with Gasteiger partial charge in [-0.05, 0) is 31.2 Å². The van der Waals surface area contributed by atoms with Crippen LogP contribution in [0.1, 0.15) is 19.5 Å². The highest BCUT2D eigenvalue weighted by atomic mass is 16.2. The molecule has 0 saturated carbocycles. The number of amides is 1. The Balaban J connectivity index is 1.59. The van der Waals surface area contributed by atoms with Crippen LogP contribution in [-0.4, -0.2) is 52.2 Å². The molecule has 132 valence electrons.